The summed E-state index contributed by atoms with van der Waals surface area (Å²) in [7, 11) is 0. The number of aliphatic hydroxyl groups excluding tert-OH is 1. The molecule has 1 atom stereocenters. The molecule has 15 heavy (non-hydrogen) atoms. The monoisotopic (exact) mass is 209 g/mol. The molecule has 2 N–H and O–H groups in total. The highest BCUT2D eigenvalue weighted by atomic mass is 16.3. The average Bonchev–Trinajstić information content (AvgIpc) is 2.14. The van der Waals surface area contributed by atoms with Gasteiger partial charge in [0.25, 0.3) is 0 Å². The molecule has 0 aromatic carbocycles. The molecule has 2 nitrogen and oxygen atoms in total. The highest BCUT2D eigenvalue weighted by molar-refractivity contribution is 5.01. The van der Waals surface area contributed by atoms with Gasteiger partial charge < -0.3 is 10.4 Å². The lowest BCUT2D eigenvalue weighted by Crippen LogP contribution is -2.55. The van der Waals surface area contributed by atoms with Crippen LogP contribution in [0, 0.1) is 23.7 Å². The second-order valence-electron chi connectivity index (χ2n) is 6.21. The second-order valence-corrected chi connectivity index (χ2v) is 6.21. The van der Waals surface area contributed by atoms with Gasteiger partial charge in [0.2, 0.25) is 0 Å². The fraction of sp³-hybridized carbons (Fsp3) is 1.00. The normalized spacial score (nSPS) is 49.6. The van der Waals surface area contributed by atoms with Crippen LogP contribution in [0.3, 0.4) is 0 Å². The molecule has 86 valence electrons. The first-order valence-electron chi connectivity index (χ1n) is 6.64. The first-order chi connectivity index (χ1) is 7.22. The van der Waals surface area contributed by atoms with Gasteiger partial charge in [-0.1, -0.05) is 0 Å². The molecular weight excluding hydrogens is 186 g/mol. The van der Waals surface area contributed by atoms with Crippen LogP contribution < -0.4 is 5.32 Å². The maximum Gasteiger partial charge on any atom is 0.0636 e. The summed E-state index contributed by atoms with van der Waals surface area (Å²) in [5, 5.41) is 13.0. The van der Waals surface area contributed by atoms with Crippen LogP contribution in [0.15, 0.2) is 0 Å². The standard InChI is InChI=1S/C13H23NO/c1-8(15)7-14-13-11-3-9-2-10(5-11)6-12(13)4-9/h8-15H,2-7H2,1H3/t8-,9?,10?,11?,12?,13?/m0/s1. The van der Waals surface area contributed by atoms with E-state index < -0.39 is 0 Å². The minimum Gasteiger partial charge on any atom is -0.392 e. The van der Waals surface area contributed by atoms with Gasteiger partial charge in [-0.2, -0.15) is 0 Å². The van der Waals surface area contributed by atoms with Gasteiger partial charge in [-0.05, 0) is 62.7 Å². The predicted octanol–water partition coefficient (Wildman–Crippen LogP) is 1.78. The van der Waals surface area contributed by atoms with Crippen LogP contribution in [-0.2, 0) is 0 Å². The largest absolute Gasteiger partial charge is 0.392 e. The van der Waals surface area contributed by atoms with Gasteiger partial charge in [0.15, 0.2) is 0 Å². The summed E-state index contributed by atoms with van der Waals surface area (Å²) in [5.74, 6) is 3.97. The molecule has 0 radical (unpaired) electrons. The van der Waals surface area contributed by atoms with E-state index in [2.05, 4.69) is 5.32 Å². The fourth-order valence-electron chi connectivity index (χ4n) is 4.57. The minimum atomic E-state index is -0.192. The Labute approximate surface area is 92.4 Å². The van der Waals surface area contributed by atoms with Crippen LogP contribution in [-0.4, -0.2) is 23.8 Å². The Hall–Kier alpha value is -0.0800. The lowest BCUT2D eigenvalue weighted by molar-refractivity contribution is -0.0167. The highest BCUT2D eigenvalue weighted by Crippen LogP contribution is 2.53. The SMILES string of the molecule is C[C@H](O)CNC1C2CC3CC(C2)CC1C3. The molecule has 0 unspecified atom stereocenters. The molecule has 0 aromatic rings. The zero-order valence-corrected chi connectivity index (χ0v) is 9.65. The summed E-state index contributed by atoms with van der Waals surface area (Å²) in [6.07, 6.45) is 7.18. The van der Waals surface area contributed by atoms with E-state index in [0.29, 0.717) is 0 Å². The van der Waals surface area contributed by atoms with Crippen molar-refractivity contribution in [3.63, 3.8) is 0 Å². The zero-order valence-electron chi connectivity index (χ0n) is 9.65. The molecule has 4 fully saturated rings. The molecule has 4 saturated carbocycles. The van der Waals surface area contributed by atoms with E-state index >= 15 is 0 Å². The summed E-state index contributed by atoms with van der Waals surface area (Å²) < 4.78 is 0. The van der Waals surface area contributed by atoms with Crippen molar-refractivity contribution in [3.05, 3.63) is 0 Å². The molecule has 0 heterocycles. The number of rotatable bonds is 3. The summed E-state index contributed by atoms with van der Waals surface area (Å²) in [6, 6.07) is 0.729. The van der Waals surface area contributed by atoms with E-state index in [9.17, 15) is 5.11 Å². The van der Waals surface area contributed by atoms with Gasteiger partial charge in [0.05, 0.1) is 6.10 Å². The Morgan fingerprint density at radius 2 is 1.60 bits per heavy atom. The summed E-state index contributed by atoms with van der Waals surface area (Å²) in [6.45, 7) is 2.66. The van der Waals surface area contributed by atoms with Crippen molar-refractivity contribution in [1.82, 2.24) is 5.32 Å². The number of nitrogens with one attached hydrogen (secondary N) is 1. The Balaban J connectivity index is 1.64. The Bertz CT molecular complexity index is 211. The summed E-state index contributed by atoms with van der Waals surface area (Å²) >= 11 is 0. The van der Waals surface area contributed by atoms with Gasteiger partial charge >= 0.3 is 0 Å². The molecule has 4 aliphatic carbocycles. The van der Waals surface area contributed by atoms with Gasteiger partial charge in [0.1, 0.15) is 0 Å². The van der Waals surface area contributed by atoms with Crippen molar-refractivity contribution < 1.29 is 5.11 Å². The lowest BCUT2D eigenvalue weighted by Gasteiger charge is -2.54. The first kappa shape index (κ1) is 10.1. The molecule has 0 aliphatic heterocycles. The molecule has 0 amide bonds. The number of hydrogen-bond acceptors (Lipinski definition) is 2. The Morgan fingerprint density at radius 3 is 2.07 bits per heavy atom. The van der Waals surface area contributed by atoms with Crippen LogP contribution in [0.4, 0.5) is 0 Å². The third-order valence-electron chi connectivity index (χ3n) is 4.88. The third-order valence-corrected chi connectivity index (χ3v) is 4.88. The van der Waals surface area contributed by atoms with Gasteiger partial charge in [-0.3, -0.25) is 0 Å². The molecule has 0 spiro atoms. The van der Waals surface area contributed by atoms with Crippen LogP contribution in [0.1, 0.15) is 39.0 Å². The molecule has 4 rings (SSSR count). The van der Waals surface area contributed by atoms with Crippen molar-refractivity contribution in [3.8, 4) is 0 Å². The molecule has 4 bridgehead atoms. The number of hydrogen-bond donors (Lipinski definition) is 2. The van der Waals surface area contributed by atoms with Crippen molar-refractivity contribution >= 4 is 0 Å². The topological polar surface area (TPSA) is 32.3 Å². The summed E-state index contributed by atoms with van der Waals surface area (Å²) in [4.78, 5) is 0. The van der Waals surface area contributed by atoms with E-state index in [1.807, 2.05) is 6.92 Å². The fourth-order valence-corrected chi connectivity index (χ4v) is 4.57. The second kappa shape index (κ2) is 3.74. The predicted molar refractivity (Wildman–Crippen MR) is 60.5 cm³/mol. The lowest BCUT2D eigenvalue weighted by atomic mass is 9.54. The highest BCUT2D eigenvalue weighted by Gasteiger charge is 2.47. The minimum absolute atomic E-state index is 0.192. The van der Waals surface area contributed by atoms with Crippen molar-refractivity contribution in [2.45, 2.75) is 51.2 Å². The van der Waals surface area contributed by atoms with E-state index in [4.69, 9.17) is 0 Å². The first-order valence-corrected chi connectivity index (χ1v) is 6.64. The van der Waals surface area contributed by atoms with Crippen LogP contribution in [0.25, 0.3) is 0 Å². The van der Waals surface area contributed by atoms with Gasteiger partial charge in [-0.25, -0.2) is 0 Å². The van der Waals surface area contributed by atoms with E-state index in [-0.39, 0.29) is 6.10 Å². The molecular formula is C13H23NO. The van der Waals surface area contributed by atoms with E-state index in [1.54, 1.807) is 0 Å². The quantitative estimate of drug-likeness (QED) is 0.742. The molecule has 0 saturated heterocycles. The van der Waals surface area contributed by atoms with Crippen LogP contribution in [0.5, 0.6) is 0 Å². The van der Waals surface area contributed by atoms with Crippen molar-refractivity contribution in [2.24, 2.45) is 23.7 Å². The Kier molecular flexibility index (Phi) is 2.52. The maximum atomic E-state index is 9.34. The molecule has 4 aliphatic rings. The average molecular weight is 209 g/mol. The number of aliphatic hydroxyl groups is 1. The van der Waals surface area contributed by atoms with Crippen molar-refractivity contribution in [1.29, 1.82) is 0 Å². The molecule has 2 heteroatoms. The van der Waals surface area contributed by atoms with Gasteiger partial charge in [0, 0.05) is 12.6 Å². The van der Waals surface area contributed by atoms with Crippen molar-refractivity contribution in [2.75, 3.05) is 6.54 Å². The van der Waals surface area contributed by atoms with Gasteiger partial charge in [-0.15, -0.1) is 0 Å². The maximum absolute atomic E-state index is 9.34. The van der Waals surface area contributed by atoms with E-state index in [1.165, 1.54) is 32.1 Å². The van der Waals surface area contributed by atoms with E-state index in [0.717, 1.165) is 36.3 Å². The summed E-state index contributed by atoms with van der Waals surface area (Å²) in [5.41, 5.74) is 0. The molecule has 0 aromatic heterocycles. The Morgan fingerprint density at radius 1 is 1.07 bits per heavy atom. The smallest absolute Gasteiger partial charge is 0.0636 e. The zero-order chi connectivity index (χ0) is 10.4. The van der Waals surface area contributed by atoms with Crippen LogP contribution in [0.2, 0.25) is 0 Å². The van der Waals surface area contributed by atoms with Crippen LogP contribution >= 0.6 is 0 Å². The third kappa shape index (κ3) is 1.83.